The van der Waals surface area contributed by atoms with Crippen LogP contribution in [-0.2, 0) is 0 Å². The van der Waals surface area contributed by atoms with Gasteiger partial charge in [-0.05, 0) is 36.4 Å². The molecule has 17 heavy (non-hydrogen) atoms. The molecule has 1 N–H and O–H groups in total. The van der Waals surface area contributed by atoms with Crippen LogP contribution < -0.4 is 0 Å². The van der Waals surface area contributed by atoms with E-state index in [2.05, 4.69) is 4.98 Å². The largest absolute Gasteiger partial charge is 0.494 e. The van der Waals surface area contributed by atoms with E-state index in [1.165, 1.54) is 0 Å². The van der Waals surface area contributed by atoms with Crippen LogP contribution >= 0.6 is 11.6 Å². The van der Waals surface area contributed by atoms with E-state index in [1.54, 1.807) is 34.9 Å². The molecule has 0 radical (unpaired) electrons. The van der Waals surface area contributed by atoms with E-state index in [9.17, 15) is 5.11 Å². The van der Waals surface area contributed by atoms with Gasteiger partial charge in [0.05, 0.1) is 11.7 Å². The van der Waals surface area contributed by atoms with E-state index in [4.69, 9.17) is 11.6 Å². The third-order valence-corrected chi connectivity index (χ3v) is 2.88. The molecule has 0 saturated carbocycles. The van der Waals surface area contributed by atoms with Crippen LogP contribution in [0, 0.1) is 0 Å². The first-order chi connectivity index (χ1) is 8.25. The Labute approximate surface area is 103 Å². The summed E-state index contributed by atoms with van der Waals surface area (Å²) in [6.45, 7) is 0. The van der Waals surface area contributed by atoms with Gasteiger partial charge in [-0.2, -0.15) is 0 Å². The maximum Gasteiger partial charge on any atom is 0.197 e. The van der Waals surface area contributed by atoms with E-state index in [0.717, 1.165) is 11.1 Å². The van der Waals surface area contributed by atoms with Crippen LogP contribution in [-0.4, -0.2) is 14.5 Å². The molecular weight excluding hydrogens is 236 g/mol. The molecule has 2 aromatic heterocycles. The van der Waals surface area contributed by atoms with Crippen molar-refractivity contribution in [2.75, 3.05) is 0 Å². The van der Waals surface area contributed by atoms with Crippen molar-refractivity contribution in [1.29, 1.82) is 0 Å². The van der Waals surface area contributed by atoms with Crippen molar-refractivity contribution in [3.05, 3.63) is 53.7 Å². The minimum atomic E-state index is 0.171. The molecule has 0 fully saturated rings. The molecule has 0 spiro atoms. The van der Waals surface area contributed by atoms with Crippen LogP contribution in [0.1, 0.15) is 0 Å². The fourth-order valence-electron chi connectivity index (χ4n) is 1.83. The Hall–Kier alpha value is -2.00. The maximum atomic E-state index is 9.85. The number of halogens is 1. The summed E-state index contributed by atoms with van der Waals surface area (Å²) >= 11 is 5.85. The second-order valence-electron chi connectivity index (χ2n) is 3.73. The summed E-state index contributed by atoms with van der Waals surface area (Å²) in [5.74, 6) is 0.875. The molecule has 3 rings (SSSR count). The van der Waals surface area contributed by atoms with Gasteiger partial charge >= 0.3 is 0 Å². The SMILES string of the molecule is Oc1cccc2cnc(-c3ccc(Cl)cc3)n12. The summed E-state index contributed by atoms with van der Waals surface area (Å²) in [5, 5.41) is 10.5. The molecule has 0 amide bonds. The van der Waals surface area contributed by atoms with E-state index in [1.807, 2.05) is 18.2 Å². The Kier molecular flexibility index (Phi) is 2.27. The van der Waals surface area contributed by atoms with E-state index in [0.29, 0.717) is 10.8 Å². The number of hydrogen-bond acceptors (Lipinski definition) is 2. The summed E-state index contributed by atoms with van der Waals surface area (Å²) in [7, 11) is 0. The summed E-state index contributed by atoms with van der Waals surface area (Å²) in [6.07, 6.45) is 1.73. The van der Waals surface area contributed by atoms with Crippen LogP contribution in [0.4, 0.5) is 0 Å². The predicted octanol–water partition coefficient (Wildman–Crippen LogP) is 3.36. The number of pyridine rings is 1. The van der Waals surface area contributed by atoms with Gasteiger partial charge in [0.15, 0.2) is 5.88 Å². The van der Waals surface area contributed by atoms with Gasteiger partial charge in [-0.15, -0.1) is 0 Å². The first-order valence-corrected chi connectivity index (χ1v) is 5.55. The Morgan fingerprint density at radius 3 is 2.59 bits per heavy atom. The second-order valence-corrected chi connectivity index (χ2v) is 4.17. The van der Waals surface area contributed by atoms with Gasteiger partial charge in [-0.3, -0.25) is 4.40 Å². The number of fused-ring (bicyclic) bond motifs is 1. The Morgan fingerprint density at radius 1 is 1.06 bits per heavy atom. The molecule has 3 aromatic rings. The molecule has 3 nitrogen and oxygen atoms in total. The van der Waals surface area contributed by atoms with Crippen molar-refractivity contribution >= 4 is 17.1 Å². The molecule has 0 aliphatic heterocycles. The van der Waals surface area contributed by atoms with Crippen molar-refractivity contribution in [1.82, 2.24) is 9.38 Å². The highest BCUT2D eigenvalue weighted by atomic mass is 35.5. The van der Waals surface area contributed by atoms with Gasteiger partial charge in [0, 0.05) is 10.6 Å². The Bertz CT molecular complexity index is 673. The third-order valence-electron chi connectivity index (χ3n) is 2.63. The number of rotatable bonds is 1. The Balaban J connectivity index is 2.27. The summed E-state index contributed by atoms with van der Waals surface area (Å²) in [6, 6.07) is 12.7. The fraction of sp³-hybridized carbons (Fsp3) is 0. The lowest BCUT2D eigenvalue weighted by Gasteiger charge is -2.03. The molecule has 4 heteroatoms. The van der Waals surface area contributed by atoms with Crippen LogP contribution in [0.15, 0.2) is 48.7 Å². The first-order valence-electron chi connectivity index (χ1n) is 5.17. The van der Waals surface area contributed by atoms with E-state index >= 15 is 0 Å². The molecular formula is C13H9ClN2O. The van der Waals surface area contributed by atoms with Crippen molar-refractivity contribution in [2.24, 2.45) is 0 Å². The highest BCUT2D eigenvalue weighted by Crippen LogP contribution is 2.25. The lowest BCUT2D eigenvalue weighted by molar-refractivity contribution is 0.447. The van der Waals surface area contributed by atoms with Crippen molar-refractivity contribution < 1.29 is 5.11 Å². The average molecular weight is 245 g/mol. The van der Waals surface area contributed by atoms with Gasteiger partial charge in [0.2, 0.25) is 0 Å². The number of aromatic nitrogens is 2. The summed E-state index contributed by atoms with van der Waals surface area (Å²) in [4.78, 5) is 4.32. The molecule has 0 bridgehead atoms. The molecule has 0 aliphatic rings. The zero-order chi connectivity index (χ0) is 11.8. The number of aromatic hydroxyl groups is 1. The average Bonchev–Trinajstić information content (AvgIpc) is 2.75. The van der Waals surface area contributed by atoms with Crippen LogP contribution in [0.5, 0.6) is 5.88 Å². The van der Waals surface area contributed by atoms with Gasteiger partial charge in [0.1, 0.15) is 5.82 Å². The van der Waals surface area contributed by atoms with E-state index in [-0.39, 0.29) is 5.88 Å². The number of hydrogen-bond donors (Lipinski definition) is 1. The monoisotopic (exact) mass is 244 g/mol. The lowest BCUT2D eigenvalue weighted by Crippen LogP contribution is -1.89. The first kappa shape index (κ1) is 10.2. The maximum absolute atomic E-state index is 9.85. The van der Waals surface area contributed by atoms with Gasteiger partial charge < -0.3 is 5.11 Å². The molecule has 0 aliphatic carbocycles. The zero-order valence-electron chi connectivity index (χ0n) is 8.84. The van der Waals surface area contributed by atoms with E-state index < -0.39 is 0 Å². The predicted molar refractivity (Wildman–Crippen MR) is 67.3 cm³/mol. The number of nitrogens with zero attached hydrogens (tertiary/aromatic N) is 2. The smallest absolute Gasteiger partial charge is 0.197 e. The van der Waals surface area contributed by atoms with Crippen molar-refractivity contribution in [3.8, 4) is 17.3 Å². The van der Waals surface area contributed by atoms with Crippen molar-refractivity contribution in [3.63, 3.8) is 0 Å². The normalized spacial score (nSPS) is 10.9. The minimum Gasteiger partial charge on any atom is -0.494 e. The number of benzene rings is 1. The van der Waals surface area contributed by atoms with Gasteiger partial charge in [-0.1, -0.05) is 17.7 Å². The highest BCUT2D eigenvalue weighted by Gasteiger charge is 2.08. The molecule has 2 heterocycles. The molecule has 84 valence electrons. The standard InChI is InChI=1S/C13H9ClN2O/c14-10-6-4-9(5-7-10)13-15-8-11-2-1-3-12(17)16(11)13/h1-8,17H. The van der Waals surface area contributed by atoms with Crippen LogP contribution in [0.3, 0.4) is 0 Å². The quantitative estimate of drug-likeness (QED) is 0.713. The number of imidazole rings is 1. The Morgan fingerprint density at radius 2 is 1.82 bits per heavy atom. The highest BCUT2D eigenvalue weighted by molar-refractivity contribution is 6.30. The zero-order valence-corrected chi connectivity index (χ0v) is 9.59. The molecule has 0 unspecified atom stereocenters. The topological polar surface area (TPSA) is 37.5 Å². The molecule has 1 aromatic carbocycles. The summed E-state index contributed by atoms with van der Waals surface area (Å²) in [5.41, 5.74) is 1.77. The third kappa shape index (κ3) is 1.65. The van der Waals surface area contributed by atoms with Crippen molar-refractivity contribution in [2.45, 2.75) is 0 Å². The minimum absolute atomic E-state index is 0.171. The molecule has 0 saturated heterocycles. The second kappa shape index (κ2) is 3.79. The fourth-order valence-corrected chi connectivity index (χ4v) is 1.96. The molecule has 0 atom stereocenters. The van der Waals surface area contributed by atoms with Gasteiger partial charge in [0.25, 0.3) is 0 Å². The van der Waals surface area contributed by atoms with Gasteiger partial charge in [-0.25, -0.2) is 4.98 Å². The van der Waals surface area contributed by atoms with Crippen LogP contribution in [0.2, 0.25) is 5.02 Å². The lowest BCUT2D eigenvalue weighted by atomic mass is 10.2. The van der Waals surface area contributed by atoms with Crippen LogP contribution in [0.25, 0.3) is 16.9 Å². The summed E-state index contributed by atoms with van der Waals surface area (Å²) < 4.78 is 1.70.